The van der Waals surface area contributed by atoms with Crippen LogP contribution in [0.3, 0.4) is 0 Å². The van der Waals surface area contributed by atoms with Crippen molar-refractivity contribution < 1.29 is 14.7 Å². The maximum atomic E-state index is 12.1. The summed E-state index contributed by atoms with van der Waals surface area (Å²) in [6.07, 6.45) is 0. The predicted octanol–water partition coefficient (Wildman–Crippen LogP) is 2.34. The number of carboxylic acids is 1. The number of benzene rings is 2. The Morgan fingerprint density at radius 3 is 2.35 bits per heavy atom. The van der Waals surface area contributed by atoms with Crippen molar-refractivity contribution in [1.82, 2.24) is 5.32 Å². The smallest absolute Gasteiger partial charge is 0.313 e. The van der Waals surface area contributed by atoms with Crippen LogP contribution in [0.4, 0.5) is 0 Å². The molecule has 20 heavy (non-hydrogen) atoms. The lowest BCUT2D eigenvalue weighted by Crippen LogP contribution is -2.41. The molecule has 1 amide bonds. The molecule has 4 heteroatoms. The van der Waals surface area contributed by atoms with E-state index in [9.17, 15) is 14.7 Å². The molecular weight excluding hydrogens is 254 g/mol. The van der Waals surface area contributed by atoms with E-state index >= 15 is 0 Å². The van der Waals surface area contributed by atoms with Crippen LogP contribution >= 0.6 is 0 Å². The topological polar surface area (TPSA) is 66.4 Å². The van der Waals surface area contributed by atoms with E-state index < -0.39 is 17.9 Å². The molecule has 2 aromatic carbocycles. The molecular formula is C16H13NO3. The van der Waals surface area contributed by atoms with Gasteiger partial charge in [-0.2, -0.15) is 0 Å². The second kappa shape index (κ2) is 4.81. The van der Waals surface area contributed by atoms with Gasteiger partial charge in [-0.25, -0.2) is 0 Å². The lowest BCUT2D eigenvalue weighted by molar-refractivity contribution is -0.139. The van der Waals surface area contributed by atoms with Crippen molar-refractivity contribution in [2.24, 2.45) is 0 Å². The summed E-state index contributed by atoms with van der Waals surface area (Å²) in [5.74, 6) is -1.94. The number of carbonyl (C=O) groups is 2. The standard InChI is InChI=1S/C16H13NO3/c18-15-12-9-5-4-8-11(12)13(16(19)20)14(17-15)10-6-2-1-3-7-10/h1-9,13-14H,(H,17,18)(H,19,20)/t13-,14+/m0/s1. The third-order valence-corrected chi connectivity index (χ3v) is 3.59. The summed E-state index contributed by atoms with van der Waals surface area (Å²) in [6.45, 7) is 0. The molecule has 100 valence electrons. The van der Waals surface area contributed by atoms with Crippen LogP contribution in [-0.4, -0.2) is 17.0 Å². The van der Waals surface area contributed by atoms with E-state index in [2.05, 4.69) is 5.32 Å². The summed E-state index contributed by atoms with van der Waals surface area (Å²) in [6, 6.07) is 15.5. The van der Waals surface area contributed by atoms with Crippen LogP contribution in [0.5, 0.6) is 0 Å². The average Bonchev–Trinajstić information content (AvgIpc) is 2.47. The summed E-state index contributed by atoms with van der Waals surface area (Å²) in [5, 5.41) is 12.4. The van der Waals surface area contributed by atoms with Gasteiger partial charge in [-0.05, 0) is 17.2 Å². The molecule has 2 aromatic rings. The highest BCUT2D eigenvalue weighted by atomic mass is 16.4. The molecule has 0 fully saturated rings. The van der Waals surface area contributed by atoms with Crippen LogP contribution in [0.25, 0.3) is 0 Å². The summed E-state index contributed by atoms with van der Waals surface area (Å²) >= 11 is 0. The van der Waals surface area contributed by atoms with Crippen LogP contribution in [0.15, 0.2) is 54.6 Å². The van der Waals surface area contributed by atoms with E-state index in [4.69, 9.17) is 0 Å². The molecule has 0 spiro atoms. The molecule has 2 atom stereocenters. The molecule has 0 saturated carbocycles. The van der Waals surface area contributed by atoms with Gasteiger partial charge in [0.1, 0.15) is 5.92 Å². The first-order valence-corrected chi connectivity index (χ1v) is 6.36. The molecule has 1 aliphatic rings. The van der Waals surface area contributed by atoms with E-state index in [1.165, 1.54) is 0 Å². The number of hydrogen-bond acceptors (Lipinski definition) is 2. The van der Waals surface area contributed by atoms with E-state index in [1.54, 1.807) is 24.3 Å². The quantitative estimate of drug-likeness (QED) is 0.877. The molecule has 0 saturated heterocycles. The van der Waals surface area contributed by atoms with Gasteiger partial charge in [0.25, 0.3) is 5.91 Å². The van der Waals surface area contributed by atoms with E-state index in [0.29, 0.717) is 11.1 Å². The molecule has 3 rings (SSSR count). The average molecular weight is 267 g/mol. The molecule has 1 aliphatic heterocycles. The molecule has 0 unspecified atom stereocenters. The molecule has 0 radical (unpaired) electrons. The highest BCUT2D eigenvalue weighted by molar-refractivity contribution is 6.00. The summed E-state index contributed by atoms with van der Waals surface area (Å²) in [5.41, 5.74) is 1.80. The SMILES string of the molecule is O=C1N[C@H](c2ccccc2)[C@@H](C(=O)O)c2ccccc21. The van der Waals surface area contributed by atoms with E-state index in [1.807, 2.05) is 30.3 Å². The Morgan fingerprint density at radius 2 is 1.65 bits per heavy atom. The van der Waals surface area contributed by atoms with Crippen LogP contribution in [0.1, 0.15) is 33.4 Å². The maximum absolute atomic E-state index is 12.1. The van der Waals surface area contributed by atoms with Crippen molar-refractivity contribution in [3.05, 3.63) is 71.3 Å². The first-order valence-electron chi connectivity index (χ1n) is 6.36. The number of rotatable bonds is 2. The van der Waals surface area contributed by atoms with Gasteiger partial charge in [0.15, 0.2) is 0 Å². The van der Waals surface area contributed by atoms with Crippen molar-refractivity contribution in [2.45, 2.75) is 12.0 Å². The largest absolute Gasteiger partial charge is 0.481 e. The fourth-order valence-corrected chi connectivity index (χ4v) is 2.67. The van der Waals surface area contributed by atoms with Crippen molar-refractivity contribution in [1.29, 1.82) is 0 Å². The lowest BCUT2D eigenvalue weighted by atomic mass is 9.81. The van der Waals surface area contributed by atoms with Crippen molar-refractivity contribution in [2.75, 3.05) is 0 Å². The summed E-state index contributed by atoms with van der Waals surface area (Å²) < 4.78 is 0. The van der Waals surface area contributed by atoms with Crippen LogP contribution in [0, 0.1) is 0 Å². The second-order valence-electron chi connectivity index (χ2n) is 4.76. The number of carbonyl (C=O) groups excluding carboxylic acids is 1. The van der Waals surface area contributed by atoms with Gasteiger partial charge < -0.3 is 10.4 Å². The number of nitrogens with one attached hydrogen (secondary N) is 1. The zero-order valence-electron chi connectivity index (χ0n) is 10.6. The van der Waals surface area contributed by atoms with Gasteiger partial charge in [0.2, 0.25) is 0 Å². The van der Waals surface area contributed by atoms with Crippen molar-refractivity contribution in [3.8, 4) is 0 Å². The summed E-state index contributed by atoms with van der Waals surface area (Å²) in [4.78, 5) is 23.8. The molecule has 0 aliphatic carbocycles. The molecule has 2 N–H and O–H groups in total. The van der Waals surface area contributed by atoms with Gasteiger partial charge in [-0.3, -0.25) is 9.59 Å². The van der Waals surface area contributed by atoms with Gasteiger partial charge in [0.05, 0.1) is 6.04 Å². The number of carboxylic acid groups (broad SMARTS) is 1. The van der Waals surface area contributed by atoms with Crippen LogP contribution in [0.2, 0.25) is 0 Å². The maximum Gasteiger partial charge on any atom is 0.313 e. The minimum absolute atomic E-state index is 0.230. The Morgan fingerprint density at radius 1 is 1.00 bits per heavy atom. The normalized spacial score (nSPS) is 20.9. The number of hydrogen-bond donors (Lipinski definition) is 2. The zero-order chi connectivity index (χ0) is 14.1. The number of amides is 1. The van der Waals surface area contributed by atoms with Gasteiger partial charge in [-0.15, -0.1) is 0 Å². The Balaban J connectivity index is 2.14. The Hall–Kier alpha value is -2.62. The highest BCUT2D eigenvalue weighted by Gasteiger charge is 2.38. The molecule has 0 aromatic heterocycles. The highest BCUT2D eigenvalue weighted by Crippen LogP contribution is 2.36. The molecule has 1 heterocycles. The Bertz CT molecular complexity index is 666. The third-order valence-electron chi connectivity index (χ3n) is 3.59. The second-order valence-corrected chi connectivity index (χ2v) is 4.76. The first-order chi connectivity index (χ1) is 9.68. The predicted molar refractivity (Wildman–Crippen MR) is 73.5 cm³/mol. The van der Waals surface area contributed by atoms with Gasteiger partial charge in [0, 0.05) is 5.56 Å². The number of aliphatic carboxylic acids is 1. The first kappa shape index (κ1) is 12.4. The van der Waals surface area contributed by atoms with E-state index in [-0.39, 0.29) is 5.91 Å². The van der Waals surface area contributed by atoms with Crippen LogP contribution in [-0.2, 0) is 4.79 Å². The fraction of sp³-hybridized carbons (Fsp3) is 0.125. The van der Waals surface area contributed by atoms with Gasteiger partial charge in [-0.1, -0.05) is 48.5 Å². The summed E-state index contributed by atoms with van der Waals surface area (Å²) in [7, 11) is 0. The Kier molecular flexibility index (Phi) is 2.99. The monoisotopic (exact) mass is 267 g/mol. The number of fused-ring (bicyclic) bond motifs is 1. The lowest BCUT2D eigenvalue weighted by Gasteiger charge is -2.31. The molecule has 4 nitrogen and oxygen atoms in total. The van der Waals surface area contributed by atoms with Gasteiger partial charge >= 0.3 is 5.97 Å². The minimum Gasteiger partial charge on any atom is -0.481 e. The van der Waals surface area contributed by atoms with Crippen molar-refractivity contribution >= 4 is 11.9 Å². The van der Waals surface area contributed by atoms with E-state index in [0.717, 1.165) is 5.56 Å². The molecule has 0 bridgehead atoms. The minimum atomic E-state index is -0.939. The third kappa shape index (κ3) is 1.95. The zero-order valence-corrected chi connectivity index (χ0v) is 10.6. The van der Waals surface area contributed by atoms with Crippen molar-refractivity contribution in [3.63, 3.8) is 0 Å². The fourth-order valence-electron chi connectivity index (χ4n) is 2.67. The van der Waals surface area contributed by atoms with Crippen LogP contribution < -0.4 is 5.32 Å². The Labute approximate surface area is 116 Å².